The van der Waals surface area contributed by atoms with E-state index in [0.717, 1.165) is 60.5 Å². The van der Waals surface area contributed by atoms with Crippen LogP contribution in [0.2, 0.25) is 5.02 Å². The molecule has 1 aromatic heterocycles. The van der Waals surface area contributed by atoms with Crippen LogP contribution in [0.15, 0.2) is 24.4 Å². The Balaban J connectivity index is 1.53. The van der Waals surface area contributed by atoms with Gasteiger partial charge in [0.25, 0.3) is 0 Å². The zero-order chi connectivity index (χ0) is 22.2. The van der Waals surface area contributed by atoms with Crippen molar-refractivity contribution in [3.8, 4) is 0 Å². The lowest BCUT2D eigenvalue weighted by Crippen LogP contribution is -2.64. The number of hydrogen-bond donors (Lipinski definition) is 2. The lowest BCUT2D eigenvalue weighted by molar-refractivity contribution is -0.0741. The van der Waals surface area contributed by atoms with Crippen molar-refractivity contribution in [1.82, 2.24) is 14.8 Å². The van der Waals surface area contributed by atoms with Crippen LogP contribution in [0, 0.1) is 5.41 Å². The summed E-state index contributed by atoms with van der Waals surface area (Å²) in [5.74, 6) is 0. The summed E-state index contributed by atoms with van der Waals surface area (Å²) in [6.07, 6.45) is 7.56. The Kier molecular flexibility index (Phi) is 6.87. The minimum Gasteiger partial charge on any atom is -0.375 e. The van der Waals surface area contributed by atoms with Crippen molar-refractivity contribution in [3.05, 3.63) is 29.4 Å². The topological polar surface area (TPSA) is 43.5 Å². The van der Waals surface area contributed by atoms with Gasteiger partial charge in [-0.1, -0.05) is 25.4 Å². The van der Waals surface area contributed by atoms with Gasteiger partial charge in [0.1, 0.15) is 0 Å². The third kappa shape index (κ3) is 4.61. The van der Waals surface area contributed by atoms with Gasteiger partial charge in [0.15, 0.2) is 0 Å². The second-order valence-corrected chi connectivity index (χ2v) is 10.4. The van der Waals surface area contributed by atoms with Crippen LogP contribution < -0.4 is 5.32 Å². The Morgan fingerprint density at radius 2 is 1.97 bits per heavy atom. The molecule has 172 valence electrons. The number of H-pyrrole nitrogens is 1. The van der Waals surface area contributed by atoms with Crippen molar-refractivity contribution in [2.45, 2.75) is 77.8 Å². The molecule has 3 atom stereocenters. The van der Waals surface area contributed by atoms with Crippen LogP contribution in [-0.4, -0.2) is 65.9 Å². The molecule has 2 aliphatic heterocycles. The second-order valence-electron chi connectivity index (χ2n) is 10.0. The van der Waals surface area contributed by atoms with Crippen molar-refractivity contribution in [2.75, 3.05) is 32.0 Å². The number of rotatable bonds is 6. The number of halogens is 1. The second kappa shape index (κ2) is 9.30. The highest BCUT2D eigenvalue weighted by Gasteiger charge is 2.48. The highest BCUT2D eigenvalue weighted by molar-refractivity contribution is 6.35. The van der Waals surface area contributed by atoms with Crippen molar-refractivity contribution in [3.63, 3.8) is 0 Å². The van der Waals surface area contributed by atoms with Crippen molar-refractivity contribution < 1.29 is 4.74 Å². The molecule has 31 heavy (non-hydrogen) atoms. The van der Waals surface area contributed by atoms with E-state index in [1.807, 2.05) is 12.3 Å². The first kappa shape index (κ1) is 22.9. The molecule has 2 aromatic rings. The summed E-state index contributed by atoms with van der Waals surface area (Å²) in [5.41, 5.74) is 2.30. The molecule has 3 heterocycles. The summed E-state index contributed by atoms with van der Waals surface area (Å²) >= 11 is 6.57. The van der Waals surface area contributed by atoms with Crippen LogP contribution in [0.1, 0.15) is 53.4 Å². The number of nitrogens with one attached hydrogen (secondary N) is 2. The number of piperidine rings is 2. The molecule has 2 saturated heterocycles. The molecule has 0 radical (unpaired) electrons. The lowest BCUT2D eigenvalue weighted by atomic mass is 9.71. The molecule has 6 heteroatoms. The fraction of sp³-hybridized carbons (Fsp3) is 0.680. The first-order valence-corrected chi connectivity index (χ1v) is 12.3. The van der Waals surface area contributed by atoms with Crippen LogP contribution in [0.5, 0.6) is 0 Å². The molecule has 2 aliphatic rings. The number of benzene rings is 1. The highest BCUT2D eigenvalue weighted by Crippen LogP contribution is 2.43. The Bertz CT molecular complexity index is 876. The van der Waals surface area contributed by atoms with E-state index < -0.39 is 0 Å². The third-order valence-corrected chi connectivity index (χ3v) is 7.96. The van der Waals surface area contributed by atoms with E-state index >= 15 is 0 Å². The van der Waals surface area contributed by atoms with Crippen molar-refractivity contribution >= 4 is 28.2 Å². The lowest BCUT2D eigenvalue weighted by Gasteiger charge is -2.56. The summed E-state index contributed by atoms with van der Waals surface area (Å²) in [6.45, 7) is 12.5. The van der Waals surface area contributed by atoms with Crippen LogP contribution in [0.25, 0.3) is 10.9 Å². The first-order chi connectivity index (χ1) is 14.8. The van der Waals surface area contributed by atoms with Gasteiger partial charge in [0.05, 0.1) is 23.4 Å². The van der Waals surface area contributed by atoms with E-state index in [4.69, 9.17) is 16.3 Å². The maximum atomic E-state index is 6.57. The van der Waals surface area contributed by atoms with Crippen LogP contribution in [0.4, 0.5) is 5.69 Å². The Morgan fingerprint density at radius 3 is 2.65 bits per heavy atom. The van der Waals surface area contributed by atoms with E-state index in [1.165, 1.54) is 6.42 Å². The zero-order valence-corrected chi connectivity index (χ0v) is 20.5. The average Bonchev–Trinajstić information content (AvgIpc) is 3.21. The van der Waals surface area contributed by atoms with Crippen LogP contribution in [0.3, 0.4) is 0 Å². The van der Waals surface area contributed by atoms with Gasteiger partial charge < -0.3 is 15.0 Å². The summed E-state index contributed by atoms with van der Waals surface area (Å²) in [7, 11) is 2.25. The maximum Gasteiger partial charge on any atom is 0.0860 e. The number of ether oxygens (including phenoxy) is 1. The Hall–Kier alpha value is -1.27. The molecule has 0 saturated carbocycles. The monoisotopic (exact) mass is 446 g/mol. The number of likely N-dealkylation sites (tertiary alicyclic amines) is 2. The fourth-order valence-corrected chi connectivity index (χ4v) is 6.13. The predicted molar refractivity (Wildman–Crippen MR) is 131 cm³/mol. The van der Waals surface area contributed by atoms with Crippen LogP contribution in [-0.2, 0) is 4.74 Å². The molecule has 0 spiro atoms. The summed E-state index contributed by atoms with van der Waals surface area (Å²) < 4.78 is 6.10. The first-order valence-electron chi connectivity index (χ1n) is 11.9. The number of anilines is 1. The Labute approximate surface area is 192 Å². The number of hydrogen-bond acceptors (Lipinski definition) is 4. The van der Waals surface area contributed by atoms with E-state index in [9.17, 15) is 0 Å². The molecule has 0 amide bonds. The van der Waals surface area contributed by atoms with Gasteiger partial charge in [-0.05, 0) is 64.8 Å². The minimum absolute atomic E-state index is 0.135. The van der Waals surface area contributed by atoms with Crippen molar-refractivity contribution in [2.24, 2.45) is 5.41 Å². The SMILES string of the molecule is CCC1(C)C(Nc2cc(Cl)c3cc[nH]c3c2)N(C)CCC1N1CCC(OC(C)C)CC1. The van der Waals surface area contributed by atoms with Gasteiger partial charge in [-0.3, -0.25) is 9.80 Å². The molecule has 5 nitrogen and oxygen atoms in total. The molecule has 4 rings (SSSR count). The third-order valence-electron chi connectivity index (χ3n) is 7.65. The van der Waals surface area contributed by atoms with E-state index in [-0.39, 0.29) is 11.6 Å². The molecular formula is C25H39ClN4O. The number of aromatic nitrogens is 1. The molecule has 0 aliphatic carbocycles. The average molecular weight is 447 g/mol. The van der Waals surface area contributed by atoms with Crippen molar-refractivity contribution in [1.29, 1.82) is 0 Å². The van der Waals surface area contributed by atoms with Gasteiger partial charge in [-0.2, -0.15) is 0 Å². The maximum absolute atomic E-state index is 6.57. The zero-order valence-electron chi connectivity index (χ0n) is 19.7. The summed E-state index contributed by atoms with van der Waals surface area (Å²) in [4.78, 5) is 8.53. The molecule has 1 aromatic carbocycles. The van der Waals surface area contributed by atoms with Gasteiger partial charge in [-0.25, -0.2) is 0 Å². The van der Waals surface area contributed by atoms with Crippen LogP contribution >= 0.6 is 11.6 Å². The Morgan fingerprint density at radius 1 is 1.23 bits per heavy atom. The number of aromatic amines is 1. The minimum atomic E-state index is 0.135. The van der Waals surface area contributed by atoms with E-state index in [0.29, 0.717) is 18.2 Å². The highest BCUT2D eigenvalue weighted by atomic mass is 35.5. The molecular weight excluding hydrogens is 408 g/mol. The van der Waals surface area contributed by atoms with Gasteiger partial charge in [0, 0.05) is 53.9 Å². The quantitative estimate of drug-likeness (QED) is 0.608. The molecule has 0 bridgehead atoms. The number of nitrogens with zero attached hydrogens (tertiary/aromatic N) is 2. The van der Waals surface area contributed by atoms with Gasteiger partial charge >= 0.3 is 0 Å². The van der Waals surface area contributed by atoms with Gasteiger partial charge in [0.2, 0.25) is 0 Å². The van der Waals surface area contributed by atoms with E-state index in [2.05, 4.69) is 67.0 Å². The van der Waals surface area contributed by atoms with Gasteiger partial charge in [-0.15, -0.1) is 0 Å². The summed E-state index contributed by atoms with van der Waals surface area (Å²) in [6, 6.07) is 6.85. The molecule has 3 unspecified atom stereocenters. The normalized spacial score (nSPS) is 29.1. The number of fused-ring (bicyclic) bond motifs is 1. The standard InChI is InChI=1S/C25H39ClN4O/c1-6-25(4)23(30-13-8-19(9-14-30)31-17(2)3)10-12-29(5)24(25)28-18-15-21(26)20-7-11-27-22(20)16-18/h7,11,15-17,19,23-24,27-28H,6,8-10,12-14H2,1-5H3. The smallest absolute Gasteiger partial charge is 0.0860 e. The fourth-order valence-electron chi connectivity index (χ4n) is 5.85. The molecule has 2 fully saturated rings. The molecule has 2 N–H and O–H groups in total. The van der Waals surface area contributed by atoms with E-state index in [1.54, 1.807) is 0 Å². The predicted octanol–water partition coefficient (Wildman–Crippen LogP) is 5.57. The largest absolute Gasteiger partial charge is 0.375 e. The summed E-state index contributed by atoms with van der Waals surface area (Å²) in [5, 5.41) is 5.74.